The molecular weight excluding hydrogens is 388 g/mol. The van der Waals surface area contributed by atoms with Gasteiger partial charge in [-0.15, -0.1) is 11.8 Å². The molecule has 3 rings (SSSR count). The van der Waals surface area contributed by atoms with Crippen LogP contribution in [0.3, 0.4) is 0 Å². The Morgan fingerprint density at radius 2 is 2.14 bits per heavy atom. The molecule has 0 bridgehead atoms. The smallest absolute Gasteiger partial charge is 0.227 e. The van der Waals surface area contributed by atoms with Gasteiger partial charge in [0.25, 0.3) is 0 Å². The number of hydrogen-bond donors (Lipinski definition) is 3. The standard InChI is InChI=1S/C21H26N4O3S/c1-14-18(11-19(26)23-12-16-7-3-4-9-22-16)20(27)25-21(24-14)29-13-15-6-5-8-17(10-15)28-2/h3-10,14,18,21,24H,11-13H2,1-2H3,(H,23,26)(H,25,27). The Labute approximate surface area is 175 Å². The number of ether oxygens (including phenoxy) is 1. The lowest BCUT2D eigenvalue weighted by Gasteiger charge is -2.35. The molecule has 3 unspecified atom stereocenters. The molecule has 29 heavy (non-hydrogen) atoms. The number of nitrogens with zero attached hydrogens (tertiary/aromatic N) is 1. The minimum atomic E-state index is -0.410. The first-order valence-electron chi connectivity index (χ1n) is 9.52. The summed E-state index contributed by atoms with van der Waals surface area (Å²) in [5.74, 6) is 0.873. The van der Waals surface area contributed by atoms with Crippen molar-refractivity contribution in [3.63, 3.8) is 0 Å². The summed E-state index contributed by atoms with van der Waals surface area (Å²) in [6.45, 7) is 2.30. The van der Waals surface area contributed by atoms with E-state index < -0.39 is 5.92 Å². The normalized spacial score (nSPS) is 21.3. The molecule has 1 fully saturated rings. The van der Waals surface area contributed by atoms with Gasteiger partial charge in [-0.3, -0.25) is 19.9 Å². The number of pyridine rings is 1. The van der Waals surface area contributed by atoms with Gasteiger partial charge in [-0.05, 0) is 36.8 Å². The summed E-state index contributed by atoms with van der Waals surface area (Å²) in [4.78, 5) is 29.0. The lowest BCUT2D eigenvalue weighted by molar-refractivity contribution is -0.133. The highest BCUT2D eigenvalue weighted by molar-refractivity contribution is 7.99. The van der Waals surface area contributed by atoms with E-state index >= 15 is 0 Å². The summed E-state index contributed by atoms with van der Waals surface area (Å²) in [6.07, 6.45) is 1.82. The first-order chi connectivity index (χ1) is 14.0. The molecule has 1 aliphatic rings. The van der Waals surface area contributed by atoms with E-state index in [0.717, 1.165) is 22.8 Å². The lowest BCUT2D eigenvalue weighted by Crippen LogP contribution is -2.59. The maximum Gasteiger partial charge on any atom is 0.227 e. The summed E-state index contributed by atoms with van der Waals surface area (Å²) in [5, 5.41) is 9.18. The van der Waals surface area contributed by atoms with Crippen molar-refractivity contribution in [1.29, 1.82) is 0 Å². The largest absolute Gasteiger partial charge is 0.497 e. The van der Waals surface area contributed by atoms with Gasteiger partial charge in [-0.25, -0.2) is 0 Å². The highest BCUT2D eigenvalue weighted by atomic mass is 32.2. The average Bonchev–Trinajstić information content (AvgIpc) is 2.74. The Bertz CT molecular complexity index is 834. The second kappa shape index (κ2) is 10.3. The summed E-state index contributed by atoms with van der Waals surface area (Å²) in [6, 6.07) is 13.3. The van der Waals surface area contributed by atoms with E-state index in [1.807, 2.05) is 49.4 Å². The van der Waals surface area contributed by atoms with Crippen molar-refractivity contribution in [3.8, 4) is 5.75 Å². The maximum atomic E-state index is 12.6. The highest BCUT2D eigenvalue weighted by Gasteiger charge is 2.34. The molecule has 7 nitrogen and oxygen atoms in total. The molecule has 0 radical (unpaired) electrons. The van der Waals surface area contributed by atoms with Gasteiger partial charge in [0.05, 0.1) is 25.3 Å². The van der Waals surface area contributed by atoms with Crippen molar-refractivity contribution in [2.24, 2.45) is 5.92 Å². The molecule has 154 valence electrons. The molecule has 0 saturated carbocycles. The number of carbonyl (C=O) groups excluding carboxylic acids is 2. The van der Waals surface area contributed by atoms with Crippen LogP contribution in [0.5, 0.6) is 5.75 Å². The molecule has 2 heterocycles. The second-order valence-electron chi connectivity index (χ2n) is 6.91. The molecule has 0 aliphatic carbocycles. The van der Waals surface area contributed by atoms with Crippen LogP contribution in [0.2, 0.25) is 0 Å². The molecule has 1 aromatic carbocycles. The van der Waals surface area contributed by atoms with Crippen LogP contribution in [0.15, 0.2) is 48.7 Å². The Morgan fingerprint density at radius 1 is 1.28 bits per heavy atom. The fourth-order valence-corrected chi connectivity index (χ4v) is 4.17. The van der Waals surface area contributed by atoms with Crippen molar-refractivity contribution in [2.75, 3.05) is 7.11 Å². The van der Waals surface area contributed by atoms with Crippen LogP contribution >= 0.6 is 11.8 Å². The molecule has 3 N–H and O–H groups in total. The molecule has 8 heteroatoms. The van der Waals surface area contributed by atoms with Crippen molar-refractivity contribution in [2.45, 2.75) is 37.2 Å². The predicted molar refractivity (Wildman–Crippen MR) is 113 cm³/mol. The van der Waals surface area contributed by atoms with Gasteiger partial charge in [0.2, 0.25) is 11.8 Å². The van der Waals surface area contributed by atoms with E-state index in [-0.39, 0.29) is 29.8 Å². The van der Waals surface area contributed by atoms with Crippen molar-refractivity contribution < 1.29 is 14.3 Å². The zero-order valence-corrected chi connectivity index (χ0v) is 17.4. The van der Waals surface area contributed by atoms with Gasteiger partial charge >= 0.3 is 0 Å². The van der Waals surface area contributed by atoms with Gasteiger partial charge in [0.15, 0.2) is 0 Å². The van der Waals surface area contributed by atoms with Crippen LogP contribution in [0.25, 0.3) is 0 Å². The van der Waals surface area contributed by atoms with Crippen LogP contribution in [-0.4, -0.2) is 35.4 Å². The topological polar surface area (TPSA) is 92.3 Å². The number of hydrogen-bond acceptors (Lipinski definition) is 6. The van der Waals surface area contributed by atoms with Crippen LogP contribution in [0.4, 0.5) is 0 Å². The van der Waals surface area contributed by atoms with Gasteiger partial charge in [0.1, 0.15) is 11.2 Å². The number of amides is 2. The molecule has 1 saturated heterocycles. The fraction of sp³-hybridized carbons (Fsp3) is 0.381. The average molecular weight is 415 g/mol. The van der Waals surface area contributed by atoms with Gasteiger partial charge in [0, 0.05) is 24.4 Å². The number of nitrogens with one attached hydrogen (secondary N) is 3. The van der Waals surface area contributed by atoms with E-state index in [0.29, 0.717) is 6.54 Å². The minimum Gasteiger partial charge on any atom is -0.497 e. The quantitative estimate of drug-likeness (QED) is 0.612. The van der Waals surface area contributed by atoms with Crippen molar-refractivity contribution >= 4 is 23.6 Å². The second-order valence-corrected chi connectivity index (χ2v) is 8.01. The predicted octanol–water partition coefficient (Wildman–Crippen LogP) is 2.04. The molecule has 2 amide bonds. The van der Waals surface area contributed by atoms with Gasteiger partial charge < -0.3 is 15.4 Å². The zero-order chi connectivity index (χ0) is 20.6. The summed E-state index contributed by atoms with van der Waals surface area (Å²) >= 11 is 1.60. The van der Waals surface area contributed by atoms with Crippen LogP contribution in [-0.2, 0) is 21.9 Å². The molecule has 2 aromatic rings. The fourth-order valence-electron chi connectivity index (χ4n) is 3.12. The molecule has 1 aromatic heterocycles. The first-order valence-corrected chi connectivity index (χ1v) is 10.6. The Kier molecular flexibility index (Phi) is 7.48. The third-order valence-electron chi connectivity index (χ3n) is 4.78. The van der Waals surface area contributed by atoms with E-state index in [9.17, 15) is 9.59 Å². The monoisotopic (exact) mass is 414 g/mol. The number of aromatic nitrogens is 1. The number of methoxy groups -OCH3 is 1. The Hall–Kier alpha value is -2.58. The van der Waals surface area contributed by atoms with E-state index in [2.05, 4.69) is 20.9 Å². The molecular formula is C21H26N4O3S. The molecule has 1 aliphatic heterocycles. The number of rotatable bonds is 8. The lowest BCUT2D eigenvalue weighted by atomic mass is 9.94. The van der Waals surface area contributed by atoms with Crippen LogP contribution in [0.1, 0.15) is 24.6 Å². The Balaban J connectivity index is 1.46. The number of benzene rings is 1. The van der Waals surface area contributed by atoms with Gasteiger partial charge in [-0.2, -0.15) is 0 Å². The zero-order valence-electron chi connectivity index (χ0n) is 16.6. The Morgan fingerprint density at radius 3 is 2.86 bits per heavy atom. The van der Waals surface area contributed by atoms with E-state index in [1.165, 1.54) is 0 Å². The minimum absolute atomic E-state index is 0.104. The summed E-state index contributed by atoms with van der Waals surface area (Å²) < 4.78 is 5.24. The van der Waals surface area contributed by atoms with E-state index in [4.69, 9.17) is 4.74 Å². The van der Waals surface area contributed by atoms with E-state index in [1.54, 1.807) is 25.1 Å². The summed E-state index contributed by atoms with van der Waals surface area (Å²) in [7, 11) is 1.64. The third kappa shape index (κ3) is 6.20. The number of carbonyl (C=O) groups is 2. The highest BCUT2D eigenvalue weighted by Crippen LogP contribution is 2.23. The third-order valence-corrected chi connectivity index (χ3v) is 5.86. The van der Waals surface area contributed by atoms with Crippen LogP contribution < -0.4 is 20.7 Å². The van der Waals surface area contributed by atoms with Crippen molar-refractivity contribution in [1.82, 2.24) is 20.9 Å². The summed E-state index contributed by atoms with van der Waals surface area (Å²) in [5.41, 5.74) is 1.71. The SMILES string of the molecule is COc1cccc(CSC2NC(=O)C(CC(=O)NCc3ccccn3)C(C)N2)c1. The first kappa shape index (κ1) is 21.1. The van der Waals surface area contributed by atoms with Crippen molar-refractivity contribution in [3.05, 3.63) is 59.9 Å². The molecule has 0 spiro atoms. The van der Waals surface area contributed by atoms with Crippen LogP contribution in [0, 0.1) is 5.92 Å². The number of thioether (sulfide) groups is 1. The maximum absolute atomic E-state index is 12.6. The van der Waals surface area contributed by atoms with Gasteiger partial charge in [-0.1, -0.05) is 18.2 Å². The molecule has 3 atom stereocenters.